The maximum Gasteiger partial charge on any atom is 0.410 e. The second kappa shape index (κ2) is 6.62. The van der Waals surface area contributed by atoms with Crippen LogP contribution in [0.3, 0.4) is 0 Å². The number of ketones is 1. The second-order valence-electron chi connectivity index (χ2n) is 8.59. The fraction of sp³-hybridized carbons (Fsp3) is 0.600. The molecule has 0 aromatic carbocycles. The summed E-state index contributed by atoms with van der Waals surface area (Å²) < 4.78 is 7.37. The Morgan fingerprint density at radius 2 is 1.85 bits per heavy atom. The van der Waals surface area contributed by atoms with Crippen molar-refractivity contribution in [2.45, 2.75) is 70.6 Å². The molecule has 2 aromatic heterocycles. The van der Waals surface area contributed by atoms with E-state index in [0.717, 1.165) is 19.3 Å². The normalized spacial score (nSPS) is 25.4. The van der Waals surface area contributed by atoms with Gasteiger partial charge in [-0.1, -0.05) is 0 Å². The molecular formula is C20H26N4O3. The first-order chi connectivity index (χ1) is 12.8. The predicted molar refractivity (Wildman–Crippen MR) is 99.5 cm³/mol. The van der Waals surface area contributed by atoms with Crippen molar-refractivity contribution >= 4 is 17.7 Å². The zero-order valence-corrected chi connectivity index (χ0v) is 16.1. The lowest BCUT2D eigenvalue weighted by Crippen LogP contribution is -2.56. The summed E-state index contributed by atoms with van der Waals surface area (Å²) in [6, 6.07) is 1.93. The van der Waals surface area contributed by atoms with E-state index in [1.54, 1.807) is 22.9 Å². The van der Waals surface area contributed by atoms with Crippen molar-refractivity contribution < 1.29 is 14.3 Å². The maximum absolute atomic E-state index is 13.2. The van der Waals surface area contributed by atoms with Crippen LogP contribution in [0.2, 0.25) is 0 Å². The van der Waals surface area contributed by atoms with Gasteiger partial charge in [-0.25, -0.2) is 14.8 Å². The van der Waals surface area contributed by atoms with Gasteiger partial charge in [0.25, 0.3) is 0 Å². The molecule has 7 nitrogen and oxygen atoms in total. The lowest BCUT2D eigenvalue weighted by atomic mass is 9.76. The molecule has 2 aromatic rings. The van der Waals surface area contributed by atoms with Gasteiger partial charge in [0, 0.05) is 30.4 Å². The molecule has 4 heterocycles. The highest BCUT2D eigenvalue weighted by atomic mass is 16.6. The number of aromatic nitrogens is 3. The molecule has 7 heteroatoms. The molecule has 1 amide bonds. The third-order valence-electron chi connectivity index (χ3n) is 5.49. The van der Waals surface area contributed by atoms with E-state index in [-0.39, 0.29) is 29.9 Å². The summed E-state index contributed by atoms with van der Waals surface area (Å²) in [6.45, 7) is 5.65. The zero-order chi connectivity index (χ0) is 19.2. The molecule has 0 aliphatic carbocycles. The molecule has 2 bridgehead atoms. The van der Waals surface area contributed by atoms with E-state index < -0.39 is 5.60 Å². The minimum Gasteiger partial charge on any atom is -0.444 e. The van der Waals surface area contributed by atoms with Crippen LogP contribution in [-0.2, 0) is 4.74 Å². The van der Waals surface area contributed by atoms with Crippen LogP contribution in [-0.4, -0.2) is 48.8 Å². The van der Waals surface area contributed by atoms with Crippen molar-refractivity contribution in [2.24, 2.45) is 5.92 Å². The maximum atomic E-state index is 13.2. The number of rotatable bonds is 2. The molecule has 0 N–H and O–H groups in total. The van der Waals surface area contributed by atoms with E-state index in [0.29, 0.717) is 24.3 Å². The van der Waals surface area contributed by atoms with Crippen LogP contribution in [0.4, 0.5) is 4.79 Å². The highest BCUT2D eigenvalue weighted by Crippen LogP contribution is 2.39. The summed E-state index contributed by atoms with van der Waals surface area (Å²) >= 11 is 0. The molecule has 2 unspecified atom stereocenters. The third-order valence-corrected chi connectivity index (χ3v) is 5.49. The highest BCUT2D eigenvalue weighted by Gasteiger charge is 2.44. The Morgan fingerprint density at radius 1 is 1.15 bits per heavy atom. The molecule has 0 radical (unpaired) electrons. The molecule has 0 saturated carbocycles. The Morgan fingerprint density at radius 3 is 2.52 bits per heavy atom. The Labute approximate surface area is 158 Å². The van der Waals surface area contributed by atoms with Gasteiger partial charge in [-0.05, 0) is 58.9 Å². The summed E-state index contributed by atoms with van der Waals surface area (Å²) in [4.78, 5) is 36.2. The summed E-state index contributed by atoms with van der Waals surface area (Å²) in [5, 5.41) is 0. The van der Waals surface area contributed by atoms with E-state index >= 15 is 0 Å². The number of amides is 1. The predicted octanol–water partition coefficient (Wildman–Crippen LogP) is 3.48. The van der Waals surface area contributed by atoms with Gasteiger partial charge in [0.1, 0.15) is 11.3 Å². The number of piperidine rings is 2. The topological polar surface area (TPSA) is 76.8 Å². The molecule has 2 aliphatic rings. The van der Waals surface area contributed by atoms with Gasteiger partial charge in [0.15, 0.2) is 5.78 Å². The summed E-state index contributed by atoms with van der Waals surface area (Å²) in [5.74, 6) is 0.530. The fourth-order valence-corrected chi connectivity index (χ4v) is 4.43. The molecule has 2 fully saturated rings. The second-order valence-corrected chi connectivity index (χ2v) is 8.59. The monoisotopic (exact) mass is 370 g/mol. The van der Waals surface area contributed by atoms with E-state index in [1.165, 1.54) is 0 Å². The Kier molecular flexibility index (Phi) is 4.40. The number of nitrogens with zero attached hydrogens (tertiary/aromatic N) is 4. The van der Waals surface area contributed by atoms with Crippen LogP contribution >= 0.6 is 0 Å². The van der Waals surface area contributed by atoms with Crippen molar-refractivity contribution in [3.63, 3.8) is 0 Å². The first-order valence-corrected chi connectivity index (χ1v) is 9.67. The van der Waals surface area contributed by atoms with Crippen molar-refractivity contribution in [1.82, 2.24) is 19.3 Å². The molecule has 4 rings (SSSR count). The number of carbonyl (C=O) groups is 2. The Bertz CT molecular complexity index is 855. The lowest BCUT2D eigenvalue weighted by Gasteiger charge is -2.48. The van der Waals surface area contributed by atoms with Crippen LogP contribution in [0.5, 0.6) is 0 Å². The largest absolute Gasteiger partial charge is 0.444 e. The van der Waals surface area contributed by atoms with Gasteiger partial charge < -0.3 is 9.64 Å². The number of ether oxygens (including phenoxy) is 1. The van der Waals surface area contributed by atoms with Gasteiger partial charge in [-0.2, -0.15) is 0 Å². The van der Waals surface area contributed by atoms with Crippen LogP contribution in [0.15, 0.2) is 24.7 Å². The van der Waals surface area contributed by atoms with Crippen molar-refractivity contribution in [3.8, 4) is 0 Å². The van der Waals surface area contributed by atoms with Crippen LogP contribution in [0, 0.1) is 5.92 Å². The SMILES string of the molecule is CC(C)(C)OC(=O)N1C2CCCC1CC(C(=O)c1cnc3ncccn13)C2. The minimum atomic E-state index is -0.512. The zero-order valence-electron chi connectivity index (χ0n) is 16.1. The first kappa shape index (κ1) is 17.9. The average molecular weight is 370 g/mol. The minimum absolute atomic E-state index is 0.0682. The van der Waals surface area contributed by atoms with E-state index in [2.05, 4.69) is 9.97 Å². The lowest BCUT2D eigenvalue weighted by molar-refractivity contribution is -0.0261. The Hall–Kier alpha value is -2.44. The summed E-state index contributed by atoms with van der Waals surface area (Å²) in [7, 11) is 0. The number of fused-ring (bicyclic) bond motifs is 3. The quantitative estimate of drug-likeness (QED) is 0.757. The van der Waals surface area contributed by atoms with E-state index in [4.69, 9.17) is 4.74 Å². The van der Waals surface area contributed by atoms with Crippen LogP contribution in [0.25, 0.3) is 5.78 Å². The van der Waals surface area contributed by atoms with Gasteiger partial charge in [-0.3, -0.25) is 9.20 Å². The fourth-order valence-electron chi connectivity index (χ4n) is 4.43. The standard InChI is InChI=1S/C20H26N4O3/c1-20(2,3)27-19(26)24-14-6-4-7-15(24)11-13(10-14)17(25)16-12-22-18-21-8-5-9-23(16)18/h5,8-9,12-15H,4,6-7,10-11H2,1-3H3. The van der Waals surface area contributed by atoms with Crippen LogP contribution < -0.4 is 0 Å². The average Bonchev–Trinajstić information content (AvgIpc) is 3.02. The molecular weight excluding hydrogens is 344 g/mol. The number of hydrogen-bond donors (Lipinski definition) is 0. The number of imidazole rings is 1. The first-order valence-electron chi connectivity index (χ1n) is 9.67. The van der Waals surface area contributed by atoms with Crippen LogP contribution in [0.1, 0.15) is 63.4 Å². The molecule has 2 aliphatic heterocycles. The number of carbonyl (C=O) groups excluding carboxylic acids is 2. The molecule has 2 saturated heterocycles. The van der Waals surface area contributed by atoms with E-state index in [9.17, 15) is 9.59 Å². The van der Waals surface area contributed by atoms with Gasteiger partial charge in [-0.15, -0.1) is 0 Å². The van der Waals surface area contributed by atoms with Gasteiger partial charge >= 0.3 is 6.09 Å². The van der Waals surface area contributed by atoms with E-state index in [1.807, 2.05) is 31.9 Å². The molecule has 2 atom stereocenters. The molecule has 144 valence electrons. The number of hydrogen-bond acceptors (Lipinski definition) is 5. The highest BCUT2D eigenvalue weighted by molar-refractivity contribution is 5.97. The smallest absolute Gasteiger partial charge is 0.410 e. The molecule has 0 spiro atoms. The summed E-state index contributed by atoms with van der Waals surface area (Å²) in [6.07, 6.45) is 9.16. The van der Waals surface area contributed by atoms with Crippen molar-refractivity contribution in [3.05, 3.63) is 30.4 Å². The Balaban J connectivity index is 1.54. The van der Waals surface area contributed by atoms with Gasteiger partial charge in [0.2, 0.25) is 5.78 Å². The summed E-state index contributed by atoms with van der Waals surface area (Å²) in [5.41, 5.74) is 0.0635. The van der Waals surface area contributed by atoms with Crippen molar-refractivity contribution in [2.75, 3.05) is 0 Å². The van der Waals surface area contributed by atoms with Crippen molar-refractivity contribution in [1.29, 1.82) is 0 Å². The van der Waals surface area contributed by atoms with Gasteiger partial charge in [0.05, 0.1) is 6.20 Å². The molecule has 27 heavy (non-hydrogen) atoms. The number of Topliss-reactive ketones (excluding diaryl/α,β-unsaturated/α-hetero) is 1. The third kappa shape index (κ3) is 3.42.